The summed E-state index contributed by atoms with van der Waals surface area (Å²) in [6.07, 6.45) is 0.669. The van der Waals surface area contributed by atoms with E-state index in [2.05, 4.69) is 22.8 Å². The third-order valence-corrected chi connectivity index (χ3v) is 4.14. The largest absolute Gasteiger partial charge is 0.333 e. The molecule has 3 heteroatoms. The molecule has 3 nitrogen and oxygen atoms in total. The fourth-order valence-electron chi connectivity index (χ4n) is 3.05. The minimum Gasteiger partial charge on any atom is -0.333 e. The molecule has 21 heavy (non-hydrogen) atoms. The molecule has 1 amide bonds. The molecule has 1 saturated heterocycles. The quantitative estimate of drug-likeness (QED) is 0.907. The first-order chi connectivity index (χ1) is 10.0. The Balaban J connectivity index is 1.87. The molecule has 2 N–H and O–H groups in total. The second-order valence-electron chi connectivity index (χ2n) is 6.06. The Kier molecular flexibility index (Phi) is 3.30. The molecule has 1 aliphatic heterocycles. The average Bonchev–Trinajstić information content (AvgIpc) is 2.71. The molecule has 0 aliphatic carbocycles. The SMILES string of the molecule is C[C@]1(c2ccccc2)NC(=O)[C@](C)(Cc2ccccc2)N1. The van der Waals surface area contributed by atoms with Crippen LogP contribution in [0.2, 0.25) is 0 Å². The van der Waals surface area contributed by atoms with Crippen molar-refractivity contribution in [1.82, 2.24) is 10.6 Å². The number of amides is 1. The molecule has 0 unspecified atom stereocenters. The van der Waals surface area contributed by atoms with E-state index in [9.17, 15) is 4.79 Å². The third kappa shape index (κ3) is 2.57. The molecule has 0 saturated carbocycles. The molecule has 1 fully saturated rings. The summed E-state index contributed by atoms with van der Waals surface area (Å²) in [5, 5.41) is 6.60. The molecule has 1 aliphatic rings. The van der Waals surface area contributed by atoms with Gasteiger partial charge in [-0.2, -0.15) is 0 Å². The summed E-state index contributed by atoms with van der Waals surface area (Å²) >= 11 is 0. The van der Waals surface area contributed by atoms with E-state index in [-0.39, 0.29) is 5.91 Å². The second-order valence-corrected chi connectivity index (χ2v) is 6.06. The number of carbonyl (C=O) groups is 1. The molecular weight excluding hydrogens is 260 g/mol. The maximum absolute atomic E-state index is 12.5. The highest BCUT2D eigenvalue weighted by Crippen LogP contribution is 2.29. The van der Waals surface area contributed by atoms with Crippen molar-refractivity contribution in [2.45, 2.75) is 31.5 Å². The smallest absolute Gasteiger partial charge is 0.242 e. The summed E-state index contributed by atoms with van der Waals surface area (Å²) in [7, 11) is 0. The number of carbonyl (C=O) groups excluding carboxylic acids is 1. The van der Waals surface area contributed by atoms with Crippen LogP contribution in [0.4, 0.5) is 0 Å². The lowest BCUT2D eigenvalue weighted by Crippen LogP contribution is -2.49. The maximum Gasteiger partial charge on any atom is 0.242 e. The van der Waals surface area contributed by atoms with Crippen molar-refractivity contribution in [3.63, 3.8) is 0 Å². The molecule has 2 atom stereocenters. The molecule has 1 heterocycles. The third-order valence-electron chi connectivity index (χ3n) is 4.14. The second kappa shape index (κ2) is 5.01. The minimum atomic E-state index is -0.605. The topological polar surface area (TPSA) is 41.1 Å². The Morgan fingerprint density at radius 1 is 0.905 bits per heavy atom. The fraction of sp³-hybridized carbons (Fsp3) is 0.278. The van der Waals surface area contributed by atoms with Gasteiger partial charge in [0.2, 0.25) is 5.91 Å². The average molecular weight is 280 g/mol. The van der Waals surface area contributed by atoms with E-state index in [1.165, 1.54) is 0 Å². The van der Waals surface area contributed by atoms with Gasteiger partial charge in [0.1, 0.15) is 11.2 Å². The Morgan fingerprint density at radius 2 is 1.48 bits per heavy atom. The van der Waals surface area contributed by atoms with Crippen LogP contribution in [0.15, 0.2) is 60.7 Å². The van der Waals surface area contributed by atoms with Crippen LogP contribution in [0.25, 0.3) is 0 Å². The van der Waals surface area contributed by atoms with Crippen molar-refractivity contribution >= 4 is 5.91 Å². The molecule has 0 aromatic heterocycles. The summed E-state index contributed by atoms with van der Waals surface area (Å²) in [6, 6.07) is 20.1. The van der Waals surface area contributed by atoms with Crippen LogP contribution in [-0.4, -0.2) is 11.4 Å². The minimum absolute atomic E-state index is 0.0395. The van der Waals surface area contributed by atoms with Gasteiger partial charge >= 0.3 is 0 Å². The Morgan fingerprint density at radius 3 is 2.10 bits per heavy atom. The molecule has 2 aromatic carbocycles. The van der Waals surface area contributed by atoms with E-state index in [1.54, 1.807) is 0 Å². The van der Waals surface area contributed by atoms with Crippen molar-refractivity contribution in [2.24, 2.45) is 0 Å². The van der Waals surface area contributed by atoms with Crippen molar-refractivity contribution in [3.8, 4) is 0 Å². The summed E-state index contributed by atoms with van der Waals surface area (Å²) in [5.74, 6) is 0.0395. The number of hydrogen-bond acceptors (Lipinski definition) is 2. The first-order valence-corrected chi connectivity index (χ1v) is 7.23. The molecule has 0 radical (unpaired) electrons. The van der Waals surface area contributed by atoms with Gasteiger partial charge in [0.05, 0.1) is 0 Å². The number of hydrogen-bond donors (Lipinski definition) is 2. The van der Waals surface area contributed by atoms with Gasteiger partial charge in [0, 0.05) is 0 Å². The molecule has 0 bridgehead atoms. The predicted molar refractivity (Wildman–Crippen MR) is 83.6 cm³/mol. The molecule has 3 rings (SSSR count). The van der Waals surface area contributed by atoms with Crippen molar-refractivity contribution in [2.75, 3.05) is 0 Å². The van der Waals surface area contributed by atoms with Crippen LogP contribution in [0.3, 0.4) is 0 Å². The lowest BCUT2D eigenvalue weighted by Gasteiger charge is -2.29. The first-order valence-electron chi connectivity index (χ1n) is 7.23. The van der Waals surface area contributed by atoms with Crippen LogP contribution < -0.4 is 10.6 Å². The summed E-state index contributed by atoms with van der Waals surface area (Å²) in [6.45, 7) is 3.97. The zero-order valence-electron chi connectivity index (χ0n) is 12.4. The van der Waals surface area contributed by atoms with Gasteiger partial charge in [-0.05, 0) is 31.4 Å². The number of nitrogens with one attached hydrogen (secondary N) is 2. The van der Waals surface area contributed by atoms with E-state index in [1.807, 2.05) is 62.4 Å². The molecule has 2 aromatic rings. The van der Waals surface area contributed by atoms with E-state index in [0.717, 1.165) is 11.1 Å². The highest BCUT2D eigenvalue weighted by atomic mass is 16.2. The Hall–Kier alpha value is -2.13. The maximum atomic E-state index is 12.5. The number of rotatable bonds is 3. The van der Waals surface area contributed by atoms with E-state index < -0.39 is 11.2 Å². The van der Waals surface area contributed by atoms with Crippen LogP contribution in [0, 0.1) is 0 Å². The Bertz CT molecular complexity index is 641. The van der Waals surface area contributed by atoms with Crippen LogP contribution in [-0.2, 0) is 16.9 Å². The van der Waals surface area contributed by atoms with Gasteiger partial charge < -0.3 is 5.32 Å². The summed E-state index contributed by atoms with van der Waals surface area (Å²) < 4.78 is 0. The lowest BCUT2D eigenvalue weighted by atomic mass is 9.92. The van der Waals surface area contributed by atoms with Crippen LogP contribution in [0.1, 0.15) is 25.0 Å². The first kappa shape index (κ1) is 13.8. The van der Waals surface area contributed by atoms with Gasteiger partial charge in [0.15, 0.2) is 0 Å². The fourth-order valence-corrected chi connectivity index (χ4v) is 3.05. The molecule has 108 valence electrons. The van der Waals surface area contributed by atoms with Gasteiger partial charge in [-0.15, -0.1) is 0 Å². The van der Waals surface area contributed by atoms with Crippen LogP contribution >= 0.6 is 0 Å². The lowest BCUT2D eigenvalue weighted by molar-refractivity contribution is -0.123. The van der Waals surface area contributed by atoms with E-state index in [4.69, 9.17) is 0 Å². The van der Waals surface area contributed by atoms with E-state index >= 15 is 0 Å². The van der Waals surface area contributed by atoms with Gasteiger partial charge in [-0.3, -0.25) is 10.1 Å². The zero-order valence-corrected chi connectivity index (χ0v) is 12.4. The van der Waals surface area contributed by atoms with Crippen molar-refractivity contribution < 1.29 is 4.79 Å². The zero-order chi connectivity index (χ0) is 14.9. The summed E-state index contributed by atoms with van der Waals surface area (Å²) in [5.41, 5.74) is 1.09. The van der Waals surface area contributed by atoms with Gasteiger partial charge in [-0.1, -0.05) is 60.7 Å². The van der Waals surface area contributed by atoms with Crippen molar-refractivity contribution in [1.29, 1.82) is 0 Å². The van der Waals surface area contributed by atoms with Gasteiger partial charge in [-0.25, -0.2) is 0 Å². The highest BCUT2D eigenvalue weighted by molar-refractivity contribution is 5.89. The monoisotopic (exact) mass is 280 g/mol. The van der Waals surface area contributed by atoms with E-state index in [0.29, 0.717) is 6.42 Å². The van der Waals surface area contributed by atoms with Crippen molar-refractivity contribution in [3.05, 3.63) is 71.8 Å². The Labute approximate surface area is 125 Å². The number of benzene rings is 2. The standard InChI is InChI=1S/C18H20N2O/c1-17(13-14-9-5-3-6-10-14)16(21)19-18(2,20-17)15-11-7-4-8-12-15/h3-12,20H,13H2,1-2H3,(H,19,21)/t17-,18-/m0/s1. The predicted octanol–water partition coefficient (Wildman–Crippen LogP) is 2.58. The van der Waals surface area contributed by atoms with Crippen LogP contribution in [0.5, 0.6) is 0 Å². The van der Waals surface area contributed by atoms with Gasteiger partial charge in [0.25, 0.3) is 0 Å². The highest BCUT2D eigenvalue weighted by Gasteiger charge is 2.49. The molecular formula is C18H20N2O. The molecule has 0 spiro atoms. The normalized spacial score (nSPS) is 28.4. The summed E-state index contributed by atoms with van der Waals surface area (Å²) in [4.78, 5) is 12.5.